The standard InChI is InChI=1S/C29H30N4O3/c1-16(2)31-29-30-15-20-14-24(23-13-19(9-8-17(23)3)28(35)32-21-10-11-21)27(36-4)25(26(20)33-29)18-6-5-7-22(34)12-18/h5-9,12-16,21,34H,10-11H2,1-4H3,(H,32,35)(H,30,31,33). The molecule has 1 heterocycles. The number of aromatic hydroxyl groups is 1. The Morgan fingerprint density at radius 1 is 1.11 bits per heavy atom. The molecule has 1 aliphatic rings. The molecule has 7 heteroatoms. The first-order valence-corrected chi connectivity index (χ1v) is 12.2. The van der Waals surface area contributed by atoms with Crippen molar-refractivity contribution in [2.45, 2.75) is 45.7 Å². The van der Waals surface area contributed by atoms with Crippen molar-refractivity contribution in [1.82, 2.24) is 15.3 Å². The SMILES string of the molecule is COc1c(-c2cc(C(=O)NC3CC3)ccc2C)cc2cnc(NC(C)C)nc2c1-c1cccc(O)c1. The number of amides is 1. The lowest BCUT2D eigenvalue weighted by Gasteiger charge is -2.19. The number of hydrogen-bond acceptors (Lipinski definition) is 6. The molecule has 0 bridgehead atoms. The first-order chi connectivity index (χ1) is 17.3. The highest BCUT2D eigenvalue weighted by molar-refractivity contribution is 6.04. The lowest BCUT2D eigenvalue weighted by atomic mass is 9.91. The van der Waals surface area contributed by atoms with E-state index in [-0.39, 0.29) is 23.7 Å². The predicted molar refractivity (Wildman–Crippen MR) is 143 cm³/mol. The topological polar surface area (TPSA) is 96.4 Å². The second kappa shape index (κ2) is 9.49. The van der Waals surface area contributed by atoms with E-state index in [1.165, 1.54) is 0 Å². The van der Waals surface area contributed by atoms with Gasteiger partial charge in [0.1, 0.15) is 11.5 Å². The van der Waals surface area contributed by atoms with Crippen LogP contribution in [-0.2, 0) is 0 Å². The Bertz CT molecular complexity index is 1460. The van der Waals surface area contributed by atoms with Crippen LogP contribution in [-0.4, -0.2) is 40.2 Å². The fourth-order valence-corrected chi connectivity index (χ4v) is 4.38. The molecular formula is C29H30N4O3. The molecule has 36 heavy (non-hydrogen) atoms. The predicted octanol–water partition coefficient (Wildman–Crippen LogP) is 5.70. The highest BCUT2D eigenvalue weighted by atomic mass is 16.5. The number of aromatic nitrogens is 2. The molecule has 3 aromatic carbocycles. The van der Waals surface area contributed by atoms with E-state index in [1.54, 1.807) is 31.5 Å². The Balaban J connectivity index is 1.76. The third-order valence-corrected chi connectivity index (χ3v) is 6.28. The van der Waals surface area contributed by atoms with Gasteiger partial charge < -0.3 is 20.5 Å². The Labute approximate surface area is 210 Å². The maximum Gasteiger partial charge on any atom is 0.251 e. The minimum atomic E-state index is -0.0700. The first kappa shape index (κ1) is 23.6. The molecule has 4 aromatic rings. The Kier molecular flexibility index (Phi) is 6.22. The molecule has 3 N–H and O–H groups in total. The lowest BCUT2D eigenvalue weighted by Crippen LogP contribution is -2.25. The number of fused-ring (bicyclic) bond motifs is 1. The summed E-state index contributed by atoms with van der Waals surface area (Å²) in [6.45, 7) is 6.08. The smallest absolute Gasteiger partial charge is 0.251 e. The van der Waals surface area contributed by atoms with Gasteiger partial charge >= 0.3 is 0 Å². The molecule has 1 saturated carbocycles. The number of aryl methyl sites for hydroxylation is 1. The summed E-state index contributed by atoms with van der Waals surface area (Å²) in [6, 6.07) is 15.2. The number of phenolic OH excluding ortho intramolecular Hbond substituents is 1. The van der Waals surface area contributed by atoms with E-state index < -0.39 is 0 Å². The summed E-state index contributed by atoms with van der Waals surface area (Å²) >= 11 is 0. The number of benzene rings is 3. The van der Waals surface area contributed by atoms with Crippen molar-refractivity contribution in [1.29, 1.82) is 0 Å². The van der Waals surface area contributed by atoms with Crippen LogP contribution in [0.4, 0.5) is 5.95 Å². The zero-order valence-corrected chi connectivity index (χ0v) is 20.9. The van der Waals surface area contributed by atoms with Gasteiger partial charge in [-0.15, -0.1) is 0 Å². The lowest BCUT2D eigenvalue weighted by molar-refractivity contribution is 0.0951. The van der Waals surface area contributed by atoms with Crippen LogP contribution in [0.5, 0.6) is 11.5 Å². The second-order valence-electron chi connectivity index (χ2n) is 9.59. The minimum Gasteiger partial charge on any atom is -0.508 e. The number of carbonyl (C=O) groups excluding carboxylic acids is 1. The largest absolute Gasteiger partial charge is 0.508 e. The third-order valence-electron chi connectivity index (χ3n) is 6.28. The minimum absolute atomic E-state index is 0.0700. The molecular weight excluding hydrogens is 452 g/mol. The zero-order valence-electron chi connectivity index (χ0n) is 20.9. The summed E-state index contributed by atoms with van der Waals surface area (Å²) in [5.41, 5.74) is 5.57. The van der Waals surface area contributed by atoms with Crippen LogP contribution in [0.2, 0.25) is 0 Å². The quantitative estimate of drug-likeness (QED) is 0.313. The number of rotatable bonds is 7. The van der Waals surface area contributed by atoms with E-state index in [9.17, 15) is 9.90 Å². The summed E-state index contributed by atoms with van der Waals surface area (Å²) in [5.74, 6) is 1.21. The number of nitrogens with zero attached hydrogens (tertiary/aromatic N) is 2. The highest BCUT2D eigenvalue weighted by Gasteiger charge is 2.25. The van der Waals surface area contributed by atoms with E-state index in [0.29, 0.717) is 22.8 Å². The normalized spacial score (nSPS) is 13.1. The molecule has 5 rings (SSSR count). The summed E-state index contributed by atoms with van der Waals surface area (Å²) in [6.07, 6.45) is 3.86. The van der Waals surface area contributed by atoms with Gasteiger partial charge in [0.15, 0.2) is 0 Å². The maximum atomic E-state index is 12.8. The Morgan fingerprint density at radius 3 is 2.61 bits per heavy atom. The first-order valence-electron chi connectivity index (χ1n) is 12.2. The molecule has 0 aliphatic heterocycles. The van der Waals surface area contributed by atoms with Gasteiger partial charge in [0.25, 0.3) is 5.91 Å². The Morgan fingerprint density at radius 2 is 1.92 bits per heavy atom. The van der Waals surface area contributed by atoms with Crippen molar-refractivity contribution in [3.8, 4) is 33.8 Å². The van der Waals surface area contributed by atoms with E-state index >= 15 is 0 Å². The van der Waals surface area contributed by atoms with Crippen LogP contribution in [0.1, 0.15) is 42.6 Å². The fraction of sp³-hybridized carbons (Fsp3) is 0.276. The van der Waals surface area contributed by atoms with Crippen molar-refractivity contribution in [2.75, 3.05) is 12.4 Å². The third kappa shape index (κ3) is 4.69. The van der Waals surface area contributed by atoms with Gasteiger partial charge in [-0.25, -0.2) is 9.97 Å². The van der Waals surface area contributed by atoms with E-state index in [0.717, 1.165) is 46.0 Å². The van der Waals surface area contributed by atoms with Gasteiger partial charge in [0.2, 0.25) is 5.95 Å². The summed E-state index contributed by atoms with van der Waals surface area (Å²) in [5, 5.41) is 17.4. The molecule has 1 aliphatic carbocycles. The zero-order chi connectivity index (χ0) is 25.4. The van der Waals surface area contributed by atoms with Gasteiger partial charge in [-0.05, 0) is 80.6 Å². The van der Waals surface area contributed by atoms with Gasteiger partial charge in [-0.2, -0.15) is 0 Å². The fourth-order valence-electron chi connectivity index (χ4n) is 4.38. The molecule has 0 atom stereocenters. The number of methoxy groups -OCH3 is 1. The number of anilines is 1. The van der Waals surface area contributed by atoms with E-state index in [1.807, 2.05) is 51.1 Å². The average molecular weight is 483 g/mol. The monoisotopic (exact) mass is 482 g/mol. The summed E-state index contributed by atoms with van der Waals surface area (Å²) in [4.78, 5) is 22.2. The van der Waals surface area contributed by atoms with Crippen LogP contribution in [0.3, 0.4) is 0 Å². The molecule has 0 spiro atoms. The molecule has 7 nitrogen and oxygen atoms in total. The molecule has 1 fully saturated rings. The van der Waals surface area contributed by atoms with Gasteiger partial charge in [0, 0.05) is 34.8 Å². The molecule has 1 amide bonds. The molecule has 184 valence electrons. The van der Waals surface area contributed by atoms with Crippen LogP contribution in [0.15, 0.2) is 54.7 Å². The number of phenols is 1. The molecule has 0 unspecified atom stereocenters. The van der Waals surface area contributed by atoms with Gasteiger partial charge in [-0.1, -0.05) is 18.2 Å². The van der Waals surface area contributed by atoms with Crippen molar-refractivity contribution < 1.29 is 14.6 Å². The molecule has 1 aromatic heterocycles. The van der Waals surface area contributed by atoms with E-state index in [2.05, 4.69) is 15.6 Å². The summed E-state index contributed by atoms with van der Waals surface area (Å²) < 4.78 is 6.02. The summed E-state index contributed by atoms with van der Waals surface area (Å²) in [7, 11) is 1.63. The van der Waals surface area contributed by atoms with Crippen molar-refractivity contribution in [3.05, 3.63) is 65.9 Å². The number of ether oxygens (including phenoxy) is 1. The molecule has 0 radical (unpaired) electrons. The number of nitrogens with one attached hydrogen (secondary N) is 2. The highest BCUT2D eigenvalue weighted by Crippen LogP contribution is 2.45. The second-order valence-corrected chi connectivity index (χ2v) is 9.59. The van der Waals surface area contributed by atoms with Gasteiger partial charge in [-0.3, -0.25) is 4.79 Å². The number of carbonyl (C=O) groups is 1. The molecule has 0 saturated heterocycles. The van der Waals surface area contributed by atoms with Crippen molar-refractivity contribution >= 4 is 22.8 Å². The van der Waals surface area contributed by atoms with Crippen LogP contribution in [0.25, 0.3) is 33.2 Å². The Hall–Kier alpha value is -4.13. The van der Waals surface area contributed by atoms with Crippen molar-refractivity contribution in [2.24, 2.45) is 0 Å². The average Bonchev–Trinajstić information content (AvgIpc) is 3.66. The van der Waals surface area contributed by atoms with Crippen molar-refractivity contribution in [3.63, 3.8) is 0 Å². The number of hydrogen-bond donors (Lipinski definition) is 3. The van der Waals surface area contributed by atoms with Crippen LogP contribution >= 0.6 is 0 Å². The van der Waals surface area contributed by atoms with Gasteiger partial charge in [0.05, 0.1) is 18.2 Å². The van der Waals surface area contributed by atoms with Crippen LogP contribution < -0.4 is 15.4 Å². The van der Waals surface area contributed by atoms with E-state index in [4.69, 9.17) is 9.72 Å². The maximum absolute atomic E-state index is 12.8. The van der Waals surface area contributed by atoms with Crippen LogP contribution in [0, 0.1) is 6.92 Å².